The molecule has 0 atom stereocenters. The highest BCUT2D eigenvalue weighted by Crippen LogP contribution is 2.44. The molecule has 49 heavy (non-hydrogen) atoms. The van der Waals surface area contributed by atoms with E-state index in [4.69, 9.17) is 0 Å². The van der Waals surface area contributed by atoms with E-state index in [1.165, 1.54) is 38.5 Å². The van der Waals surface area contributed by atoms with Crippen LogP contribution in [0.3, 0.4) is 0 Å². The summed E-state index contributed by atoms with van der Waals surface area (Å²) < 4.78 is 2.42. The zero-order valence-electron chi connectivity index (χ0n) is 28.4. The smallest absolute Gasteiger partial charge is 0.0562 e. The third-order valence-electron chi connectivity index (χ3n) is 9.43. The van der Waals surface area contributed by atoms with Crippen molar-refractivity contribution in [3.05, 3.63) is 186 Å². The Morgan fingerprint density at radius 2 is 0.816 bits per heavy atom. The van der Waals surface area contributed by atoms with Gasteiger partial charge in [0.15, 0.2) is 0 Å². The number of aromatic nitrogens is 1. The van der Waals surface area contributed by atoms with E-state index in [1.807, 2.05) is 0 Å². The van der Waals surface area contributed by atoms with Crippen molar-refractivity contribution < 1.29 is 0 Å². The van der Waals surface area contributed by atoms with E-state index in [0.29, 0.717) is 0 Å². The molecular formula is C46H39N3. The van der Waals surface area contributed by atoms with Gasteiger partial charge in [0.05, 0.1) is 16.7 Å². The second kappa shape index (κ2) is 12.5. The van der Waals surface area contributed by atoms with Gasteiger partial charge in [-0.05, 0) is 113 Å². The second-order valence-corrected chi connectivity index (χ2v) is 13.1. The minimum Gasteiger partial charge on any atom is -0.310 e. The monoisotopic (exact) mass is 633 g/mol. The maximum Gasteiger partial charge on any atom is 0.0562 e. The van der Waals surface area contributed by atoms with Crippen LogP contribution in [0.5, 0.6) is 0 Å². The van der Waals surface area contributed by atoms with Crippen LogP contribution in [0.1, 0.15) is 22.3 Å². The predicted molar refractivity (Wildman–Crippen MR) is 209 cm³/mol. The summed E-state index contributed by atoms with van der Waals surface area (Å²) in [5.74, 6) is 0. The summed E-state index contributed by atoms with van der Waals surface area (Å²) in [6, 6.07) is 59.7. The van der Waals surface area contributed by atoms with Crippen molar-refractivity contribution in [1.82, 2.24) is 4.57 Å². The first kappa shape index (κ1) is 30.3. The molecule has 0 fully saturated rings. The van der Waals surface area contributed by atoms with Gasteiger partial charge in [0, 0.05) is 44.9 Å². The predicted octanol–water partition coefficient (Wildman–Crippen LogP) is 13.0. The molecule has 0 saturated heterocycles. The van der Waals surface area contributed by atoms with E-state index in [-0.39, 0.29) is 0 Å². The van der Waals surface area contributed by atoms with Crippen molar-refractivity contribution in [3.8, 4) is 5.69 Å². The maximum absolute atomic E-state index is 2.42. The lowest BCUT2D eigenvalue weighted by Gasteiger charge is -2.27. The average molecular weight is 634 g/mol. The highest BCUT2D eigenvalue weighted by molar-refractivity contribution is 6.16. The Morgan fingerprint density at radius 3 is 1.35 bits per heavy atom. The lowest BCUT2D eigenvalue weighted by molar-refractivity contribution is 1.17. The Labute approximate surface area is 288 Å². The summed E-state index contributed by atoms with van der Waals surface area (Å²) in [6.45, 7) is 8.55. The summed E-state index contributed by atoms with van der Waals surface area (Å²) >= 11 is 0. The van der Waals surface area contributed by atoms with Gasteiger partial charge < -0.3 is 14.4 Å². The van der Waals surface area contributed by atoms with E-state index >= 15 is 0 Å². The zero-order valence-corrected chi connectivity index (χ0v) is 28.4. The van der Waals surface area contributed by atoms with Gasteiger partial charge in [-0.15, -0.1) is 0 Å². The molecule has 0 aliphatic heterocycles. The number of nitrogens with zero attached hydrogens (tertiary/aromatic N) is 3. The van der Waals surface area contributed by atoms with Gasteiger partial charge in [-0.2, -0.15) is 0 Å². The van der Waals surface area contributed by atoms with Crippen molar-refractivity contribution in [3.63, 3.8) is 0 Å². The fourth-order valence-corrected chi connectivity index (χ4v) is 6.89. The number of hydrogen-bond donors (Lipinski definition) is 0. The molecule has 0 saturated carbocycles. The average Bonchev–Trinajstić information content (AvgIpc) is 3.47. The maximum atomic E-state index is 2.42. The van der Waals surface area contributed by atoms with Gasteiger partial charge in [0.2, 0.25) is 0 Å². The number of benzene rings is 7. The number of para-hydroxylation sites is 1. The fourth-order valence-electron chi connectivity index (χ4n) is 6.89. The summed E-state index contributed by atoms with van der Waals surface area (Å²) in [4.78, 5) is 4.74. The van der Waals surface area contributed by atoms with Crippen LogP contribution in [0.25, 0.3) is 27.5 Å². The van der Waals surface area contributed by atoms with Crippen LogP contribution >= 0.6 is 0 Å². The molecule has 1 aromatic heterocycles. The molecule has 0 N–H and O–H groups in total. The lowest BCUT2D eigenvalue weighted by atomic mass is 10.1. The van der Waals surface area contributed by atoms with Gasteiger partial charge >= 0.3 is 0 Å². The van der Waals surface area contributed by atoms with Crippen LogP contribution in [0, 0.1) is 27.7 Å². The molecular weight excluding hydrogens is 595 g/mol. The standard InChI is InChI=1S/C46H39N3/c1-32-15-23-36(24-16-32)47(37-25-17-33(2)18-26-37)40-9-7-10-41(31-40)49-43-12-6-5-11-42(43)46-44(13-8-14-45(46)49)48(38-27-19-34(3)20-28-38)39-29-21-35(4)22-30-39/h5-31H,1-4H3. The summed E-state index contributed by atoms with van der Waals surface area (Å²) in [7, 11) is 0. The molecule has 0 aliphatic carbocycles. The molecule has 0 aliphatic rings. The third-order valence-corrected chi connectivity index (χ3v) is 9.43. The van der Waals surface area contributed by atoms with E-state index in [9.17, 15) is 0 Å². The van der Waals surface area contributed by atoms with Gasteiger partial charge in [-0.25, -0.2) is 0 Å². The summed E-state index contributed by atoms with van der Waals surface area (Å²) in [5.41, 5.74) is 15.2. The Kier molecular flexibility index (Phi) is 7.74. The first-order valence-electron chi connectivity index (χ1n) is 16.9. The number of rotatable bonds is 7. The number of anilines is 6. The van der Waals surface area contributed by atoms with Crippen LogP contribution in [-0.2, 0) is 0 Å². The van der Waals surface area contributed by atoms with E-state index < -0.39 is 0 Å². The summed E-state index contributed by atoms with van der Waals surface area (Å²) in [6.07, 6.45) is 0. The highest BCUT2D eigenvalue weighted by Gasteiger charge is 2.21. The van der Waals surface area contributed by atoms with Crippen LogP contribution in [0.15, 0.2) is 164 Å². The van der Waals surface area contributed by atoms with E-state index in [2.05, 4.69) is 206 Å². The third kappa shape index (κ3) is 5.64. The molecule has 0 spiro atoms. The fraction of sp³-hybridized carbons (Fsp3) is 0.0870. The zero-order chi connectivity index (χ0) is 33.5. The van der Waals surface area contributed by atoms with Crippen LogP contribution < -0.4 is 9.80 Å². The van der Waals surface area contributed by atoms with Crippen molar-refractivity contribution in [1.29, 1.82) is 0 Å². The normalized spacial score (nSPS) is 11.3. The largest absolute Gasteiger partial charge is 0.310 e. The van der Waals surface area contributed by atoms with Crippen LogP contribution in [0.2, 0.25) is 0 Å². The van der Waals surface area contributed by atoms with Gasteiger partial charge in [-0.3, -0.25) is 0 Å². The molecule has 3 heteroatoms. The van der Waals surface area contributed by atoms with E-state index in [0.717, 1.165) is 45.3 Å². The topological polar surface area (TPSA) is 11.4 Å². The minimum absolute atomic E-state index is 1.10. The SMILES string of the molecule is Cc1ccc(N(c2ccc(C)cc2)c2cccc(-n3c4ccccc4c4c(N(c5ccc(C)cc5)c5ccc(C)cc5)cccc43)c2)cc1. The highest BCUT2D eigenvalue weighted by atomic mass is 15.2. The van der Waals surface area contributed by atoms with Crippen molar-refractivity contribution >= 4 is 55.9 Å². The molecule has 1 heterocycles. The molecule has 0 radical (unpaired) electrons. The number of hydrogen-bond acceptors (Lipinski definition) is 2. The Morgan fingerprint density at radius 1 is 0.367 bits per heavy atom. The number of fused-ring (bicyclic) bond motifs is 3. The molecule has 8 aromatic rings. The molecule has 0 bridgehead atoms. The van der Waals surface area contributed by atoms with Gasteiger partial charge in [0.1, 0.15) is 0 Å². The molecule has 3 nitrogen and oxygen atoms in total. The quantitative estimate of drug-likeness (QED) is 0.173. The van der Waals surface area contributed by atoms with Crippen LogP contribution in [0.4, 0.5) is 34.1 Å². The lowest BCUT2D eigenvalue weighted by Crippen LogP contribution is -2.11. The summed E-state index contributed by atoms with van der Waals surface area (Å²) in [5, 5.41) is 2.44. The Bertz CT molecular complexity index is 2310. The van der Waals surface area contributed by atoms with Crippen molar-refractivity contribution in [2.45, 2.75) is 27.7 Å². The molecule has 0 amide bonds. The first-order chi connectivity index (χ1) is 23.9. The van der Waals surface area contributed by atoms with Crippen LogP contribution in [-0.4, -0.2) is 4.57 Å². The number of aryl methyl sites for hydroxylation is 4. The first-order valence-corrected chi connectivity index (χ1v) is 16.9. The van der Waals surface area contributed by atoms with Crippen molar-refractivity contribution in [2.24, 2.45) is 0 Å². The molecule has 8 rings (SSSR count). The second-order valence-electron chi connectivity index (χ2n) is 13.1. The van der Waals surface area contributed by atoms with Gasteiger partial charge in [0.25, 0.3) is 0 Å². The van der Waals surface area contributed by atoms with Gasteiger partial charge in [-0.1, -0.05) is 101 Å². The minimum atomic E-state index is 1.10. The van der Waals surface area contributed by atoms with Crippen molar-refractivity contribution in [2.75, 3.05) is 9.80 Å². The molecule has 7 aromatic carbocycles. The Balaban J connectivity index is 1.35. The van der Waals surface area contributed by atoms with E-state index in [1.54, 1.807) is 0 Å². The molecule has 0 unspecified atom stereocenters. The Hall–Kier alpha value is -6.06. The molecule has 238 valence electrons.